The molecule has 0 aliphatic carbocycles. The van der Waals surface area contributed by atoms with Gasteiger partial charge in [0.15, 0.2) is 11.6 Å². The van der Waals surface area contributed by atoms with Crippen LogP contribution in [0.4, 0.5) is 27.0 Å². The van der Waals surface area contributed by atoms with Crippen molar-refractivity contribution in [3.63, 3.8) is 0 Å². The van der Waals surface area contributed by atoms with Crippen LogP contribution in [-0.2, 0) is 22.7 Å². The van der Waals surface area contributed by atoms with Gasteiger partial charge in [-0.25, -0.2) is 17.2 Å². The van der Waals surface area contributed by atoms with Crippen LogP contribution in [-0.4, -0.2) is 8.42 Å². The first-order valence-electron chi connectivity index (χ1n) is 9.18. The van der Waals surface area contributed by atoms with Crippen LogP contribution in [0.15, 0.2) is 77.7 Å². The van der Waals surface area contributed by atoms with E-state index in [2.05, 4.69) is 0 Å². The van der Waals surface area contributed by atoms with E-state index >= 15 is 0 Å². The van der Waals surface area contributed by atoms with Gasteiger partial charge in [-0.05, 0) is 59.5 Å². The molecular formula is C22H14F5NO2S2. The Kier molecular flexibility index (Phi) is 5.68. The first kappa shape index (κ1) is 22.2. The lowest BCUT2D eigenvalue weighted by Gasteiger charge is -2.23. The Morgan fingerprint density at radius 1 is 0.844 bits per heavy atom. The van der Waals surface area contributed by atoms with Crippen LogP contribution in [0.3, 0.4) is 0 Å². The van der Waals surface area contributed by atoms with Gasteiger partial charge in [-0.3, -0.25) is 4.31 Å². The van der Waals surface area contributed by atoms with Crippen molar-refractivity contribution in [1.82, 2.24) is 0 Å². The largest absolute Gasteiger partial charge is 0.416 e. The van der Waals surface area contributed by atoms with Gasteiger partial charge in [-0.15, -0.1) is 11.3 Å². The number of rotatable bonds is 5. The van der Waals surface area contributed by atoms with Crippen LogP contribution < -0.4 is 4.31 Å². The predicted molar refractivity (Wildman–Crippen MR) is 113 cm³/mol. The first-order chi connectivity index (χ1) is 15.1. The van der Waals surface area contributed by atoms with Gasteiger partial charge in [0.2, 0.25) is 0 Å². The van der Waals surface area contributed by atoms with E-state index < -0.39 is 33.4 Å². The van der Waals surface area contributed by atoms with E-state index in [-0.39, 0.29) is 22.0 Å². The van der Waals surface area contributed by atoms with Crippen molar-refractivity contribution in [2.24, 2.45) is 0 Å². The summed E-state index contributed by atoms with van der Waals surface area (Å²) in [6.45, 7) is -0.340. The zero-order valence-electron chi connectivity index (χ0n) is 16.1. The molecule has 0 fully saturated rings. The number of benzene rings is 3. The molecule has 3 aromatic carbocycles. The van der Waals surface area contributed by atoms with Crippen LogP contribution in [0.2, 0.25) is 0 Å². The van der Waals surface area contributed by atoms with E-state index in [0.717, 1.165) is 50.0 Å². The molecule has 1 heterocycles. The molecule has 1 aromatic heterocycles. The number of sulfonamides is 1. The van der Waals surface area contributed by atoms with E-state index in [1.807, 2.05) is 0 Å². The van der Waals surface area contributed by atoms with Crippen molar-refractivity contribution < 1.29 is 30.4 Å². The molecule has 0 saturated heterocycles. The van der Waals surface area contributed by atoms with Gasteiger partial charge < -0.3 is 0 Å². The number of hydrogen-bond acceptors (Lipinski definition) is 3. The average Bonchev–Trinajstić information content (AvgIpc) is 3.17. The van der Waals surface area contributed by atoms with Crippen molar-refractivity contribution in [1.29, 1.82) is 0 Å². The quantitative estimate of drug-likeness (QED) is 0.300. The molecule has 0 radical (unpaired) electrons. The highest BCUT2D eigenvalue weighted by molar-refractivity contribution is 7.93. The van der Waals surface area contributed by atoms with Crippen molar-refractivity contribution >= 4 is 36.4 Å². The maximum atomic E-state index is 13.7. The third kappa shape index (κ3) is 4.33. The van der Waals surface area contributed by atoms with Gasteiger partial charge >= 0.3 is 6.18 Å². The lowest BCUT2D eigenvalue weighted by molar-refractivity contribution is -0.137. The molecule has 0 aliphatic rings. The highest BCUT2D eigenvalue weighted by Crippen LogP contribution is 2.37. The molecule has 0 unspecified atom stereocenters. The fourth-order valence-corrected chi connectivity index (χ4v) is 5.84. The Labute approximate surface area is 184 Å². The van der Waals surface area contributed by atoms with Crippen LogP contribution in [0.25, 0.3) is 10.1 Å². The maximum absolute atomic E-state index is 13.7. The summed E-state index contributed by atoms with van der Waals surface area (Å²) < 4.78 is 94.3. The molecule has 0 atom stereocenters. The minimum atomic E-state index is -4.61. The molecule has 0 bridgehead atoms. The van der Waals surface area contributed by atoms with E-state index in [1.165, 1.54) is 6.07 Å². The van der Waals surface area contributed by atoms with E-state index in [0.29, 0.717) is 12.1 Å². The molecule has 0 saturated carbocycles. The Bertz CT molecular complexity index is 1350. The molecule has 4 aromatic rings. The normalized spacial score (nSPS) is 12.3. The molecular weight excluding hydrogens is 469 g/mol. The minimum absolute atomic E-state index is 0.178. The number of alkyl halides is 3. The van der Waals surface area contributed by atoms with Gasteiger partial charge in [0, 0.05) is 4.70 Å². The van der Waals surface area contributed by atoms with E-state index in [1.54, 1.807) is 30.3 Å². The summed E-state index contributed by atoms with van der Waals surface area (Å²) in [6, 6.07) is 14.9. The lowest BCUT2D eigenvalue weighted by Crippen LogP contribution is -2.30. The number of nitrogens with zero attached hydrogens (tertiary/aromatic N) is 1. The fraction of sp³-hybridized carbons (Fsp3) is 0.0909. The van der Waals surface area contributed by atoms with Crippen LogP contribution in [0.5, 0.6) is 0 Å². The highest BCUT2D eigenvalue weighted by atomic mass is 32.2. The number of halogens is 5. The summed E-state index contributed by atoms with van der Waals surface area (Å²) >= 11 is 1.16. The number of fused-ring (bicyclic) bond motifs is 1. The molecule has 4 rings (SSSR count). The van der Waals surface area contributed by atoms with Gasteiger partial charge in [0.05, 0.1) is 17.0 Å². The van der Waals surface area contributed by atoms with Crippen LogP contribution >= 0.6 is 11.3 Å². The van der Waals surface area contributed by atoms with E-state index in [4.69, 9.17) is 0 Å². The van der Waals surface area contributed by atoms with Crippen molar-refractivity contribution in [2.75, 3.05) is 4.31 Å². The van der Waals surface area contributed by atoms with Gasteiger partial charge in [-0.1, -0.05) is 24.3 Å². The van der Waals surface area contributed by atoms with Crippen molar-refractivity contribution in [3.05, 3.63) is 95.6 Å². The monoisotopic (exact) mass is 483 g/mol. The number of thiophene rings is 1. The molecule has 0 aliphatic heterocycles. The molecule has 3 nitrogen and oxygen atoms in total. The van der Waals surface area contributed by atoms with Crippen molar-refractivity contribution in [2.45, 2.75) is 17.6 Å². The Morgan fingerprint density at radius 3 is 2.16 bits per heavy atom. The topological polar surface area (TPSA) is 37.4 Å². The summed E-state index contributed by atoms with van der Waals surface area (Å²) in [4.78, 5) is -0.356. The summed E-state index contributed by atoms with van der Waals surface area (Å²) in [5, 5.41) is 1.06. The Balaban J connectivity index is 1.81. The molecule has 0 spiro atoms. The number of hydrogen-bond donors (Lipinski definition) is 0. The van der Waals surface area contributed by atoms with Crippen LogP contribution in [0, 0.1) is 11.6 Å². The third-order valence-corrected chi connectivity index (χ3v) is 7.77. The van der Waals surface area contributed by atoms with Gasteiger partial charge in [-0.2, -0.15) is 13.2 Å². The third-order valence-electron chi connectivity index (χ3n) is 4.74. The van der Waals surface area contributed by atoms with Crippen LogP contribution in [0.1, 0.15) is 11.1 Å². The Morgan fingerprint density at radius 2 is 1.53 bits per heavy atom. The van der Waals surface area contributed by atoms with Gasteiger partial charge in [0.25, 0.3) is 10.0 Å². The molecule has 0 amide bonds. The summed E-state index contributed by atoms with van der Waals surface area (Å²) in [5.74, 6) is -2.21. The first-order valence-corrected chi connectivity index (χ1v) is 11.4. The van der Waals surface area contributed by atoms with Gasteiger partial charge in [0.1, 0.15) is 5.00 Å². The standard InChI is InChI=1S/C22H14F5NO2S2/c23-18-10-5-14(11-19(18)24)13-28(21-12-15-3-1-2-4-20(15)31-21)32(29,30)17-8-6-16(7-9-17)22(25,26)27/h1-12H,13H2. The maximum Gasteiger partial charge on any atom is 0.416 e. The minimum Gasteiger partial charge on any atom is -0.253 e. The molecule has 166 valence electrons. The second-order valence-electron chi connectivity index (χ2n) is 6.90. The SMILES string of the molecule is O=S(=O)(c1ccc(C(F)(F)F)cc1)N(Cc1ccc(F)c(F)c1)c1cc2ccccc2s1. The number of anilines is 1. The average molecular weight is 483 g/mol. The zero-order valence-corrected chi connectivity index (χ0v) is 17.7. The summed E-state index contributed by atoms with van der Waals surface area (Å²) in [6.07, 6.45) is -4.61. The smallest absolute Gasteiger partial charge is 0.253 e. The zero-order chi connectivity index (χ0) is 23.1. The fourth-order valence-electron chi connectivity index (χ4n) is 3.12. The second kappa shape index (κ2) is 8.18. The predicted octanol–water partition coefficient (Wildman–Crippen LogP) is 6.59. The Hall–Kier alpha value is -2.98. The highest BCUT2D eigenvalue weighted by Gasteiger charge is 2.32. The molecule has 32 heavy (non-hydrogen) atoms. The van der Waals surface area contributed by atoms with E-state index in [9.17, 15) is 30.4 Å². The molecule has 0 N–H and O–H groups in total. The summed E-state index contributed by atoms with van der Waals surface area (Å²) in [5.41, 5.74) is -0.803. The summed E-state index contributed by atoms with van der Waals surface area (Å²) in [7, 11) is -4.32. The lowest BCUT2D eigenvalue weighted by atomic mass is 10.2. The molecule has 10 heteroatoms. The second-order valence-corrected chi connectivity index (χ2v) is 9.83. The van der Waals surface area contributed by atoms with Crippen molar-refractivity contribution in [3.8, 4) is 0 Å².